The van der Waals surface area contributed by atoms with Gasteiger partial charge in [-0.2, -0.15) is 0 Å². The van der Waals surface area contributed by atoms with Gasteiger partial charge in [-0.3, -0.25) is 29.4 Å². The molecule has 6 atom stereocenters. The molecule has 0 saturated carbocycles. The van der Waals surface area contributed by atoms with E-state index in [0.717, 1.165) is 173 Å². The number of methoxy groups -OCH3 is 6. The minimum absolute atomic E-state index is 0.0210. The standard InChI is InChI=1S/C39H44N2O6.C38H41BrN2O6.C37H40N2O6/c1-6-45-38-36(44-5)21-27-14-16-41(3)32-18-25-9-12-33(43-4)35(19-25)46-29-10-7-24(8-11-29)17-31-30-22-34(47-39(38)37(27)32)28(23-42)20-26(30)13-15-40(31)2;1-40-14-12-24-19-25(21-42)32-20-28(24)29(40)16-22-6-9-26(10-7-22)46-33-18-23(8-11-31(33)43-3)17-30-34-27(13-15-41(30)2)35(39)37(44-4)38(45-5)36(34)47-32;1-38-12-10-24-17-26(20-40)33-19-29(24)30(38)15-23-6-9-32(42)34(16-23)44-28-7-4-22(5-8-28)14-31-35-25(11-13-39(31)2)18-27(21-41)36(43-3)37(35)45-33/h7-12,19-22,31-32,42H,6,13-18,23H2,1-5H3;6-11,18-20,29-30,42H,12-17,21H2,1-5H3;4-9,16-19,30-31,40-42H,10-15,20-21H2,1-3H3/t31-,32-;29-,30-;30-,31+/m000/s1. The number of likely N-dealkylation sites (N-methyl/N-ethyl adjacent to an activating group) is 6. The van der Waals surface area contributed by atoms with Crippen LogP contribution >= 0.6 is 15.9 Å². The number of phenolic OH excluding ortho intramolecular Hbond substituents is 1. The van der Waals surface area contributed by atoms with E-state index < -0.39 is 0 Å². The Morgan fingerprint density at radius 1 is 0.302 bits per heavy atom. The maximum Gasteiger partial charge on any atom is 0.205 e. The molecule has 726 valence electrons. The van der Waals surface area contributed by atoms with Crippen LogP contribution in [0.2, 0.25) is 0 Å². The smallest absolute Gasteiger partial charge is 0.205 e. The Balaban J connectivity index is 0.000000133. The first-order valence-electron chi connectivity index (χ1n) is 48.3. The highest BCUT2D eigenvalue weighted by Gasteiger charge is 2.41. The second-order valence-electron chi connectivity index (χ2n) is 37.9. The molecule has 18 bridgehead atoms. The quantitative estimate of drug-likeness (QED) is 0.0764. The number of halogens is 1. The number of phenols is 1. The Morgan fingerprint density at radius 2 is 0.626 bits per heavy atom. The molecule has 12 heterocycles. The van der Waals surface area contributed by atoms with Gasteiger partial charge in [0.2, 0.25) is 11.5 Å². The number of aliphatic hydroxyl groups excluding tert-OH is 4. The van der Waals surface area contributed by atoms with E-state index in [4.69, 9.17) is 61.6 Å². The molecule has 0 unspecified atom stereocenters. The second-order valence-corrected chi connectivity index (χ2v) is 38.7. The van der Waals surface area contributed by atoms with Crippen molar-refractivity contribution >= 4 is 15.9 Å². The number of aromatic hydroxyl groups is 1. The normalized spacial score (nSPS) is 19.3. The van der Waals surface area contributed by atoms with Crippen molar-refractivity contribution in [1.82, 2.24) is 29.4 Å². The number of nitrogens with zero attached hydrogens (tertiary/aromatic N) is 6. The van der Waals surface area contributed by atoms with Crippen molar-refractivity contribution in [2.24, 2.45) is 0 Å². The molecule has 0 spiro atoms. The van der Waals surface area contributed by atoms with E-state index in [9.17, 15) is 25.5 Å². The number of benzene rings is 12. The van der Waals surface area contributed by atoms with E-state index >= 15 is 0 Å². The van der Waals surface area contributed by atoms with Crippen LogP contribution in [0.4, 0.5) is 0 Å². The zero-order valence-electron chi connectivity index (χ0n) is 81.6. The number of hydrogen-bond donors (Lipinski definition) is 5. The van der Waals surface area contributed by atoms with E-state index in [2.05, 4.69) is 197 Å². The maximum atomic E-state index is 10.7. The summed E-state index contributed by atoms with van der Waals surface area (Å²) in [6.45, 7) is 7.16. The zero-order valence-corrected chi connectivity index (χ0v) is 83.2. The summed E-state index contributed by atoms with van der Waals surface area (Å²) in [5.74, 6) is 12.0. The largest absolute Gasteiger partial charge is 0.504 e. The summed E-state index contributed by atoms with van der Waals surface area (Å²) in [7, 11) is 22.8. The predicted molar refractivity (Wildman–Crippen MR) is 538 cm³/mol. The average molecular weight is 1950 g/mol. The average Bonchev–Trinajstić information content (AvgIpc) is 0.741. The van der Waals surface area contributed by atoms with Gasteiger partial charge in [0, 0.05) is 114 Å². The summed E-state index contributed by atoms with van der Waals surface area (Å²) < 4.78 is 82.6. The predicted octanol–water partition coefficient (Wildman–Crippen LogP) is 20.3. The van der Waals surface area contributed by atoms with Gasteiger partial charge in [0.25, 0.3) is 0 Å². The van der Waals surface area contributed by atoms with Crippen molar-refractivity contribution in [2.75, 3.05) is 131 Å². The molecular formula is C114H125BrN6O18. The Bertz CT molecular complexity index is 6560. The molecule has 0 aliphatic carbocycles. The topological polar surface area (TPSA) is 241 Å². The second kappa shape index (κ2) is 41.4. The van der Waals surface area contributed by atoms with Gasteiger partial charge in [-0.05, 0) is 347 Å². The molecule has 12 aromatic rings. The van der Waals surface area contributed by atoms with Crippen LogP contribution in [0, 0.1) is 0 Å². The highest BCUT2D eigenvalue weighted by Crippen LogP contribution is 2.58. The van der Waals surface area contributed by atoms with Crippen LogP contribution in [0.1, 0.15) is 166 Å². The van der Waals surface area contributed by atoms with Gasteiger partial charge < -0.3 is 87.1 Å². The van der Waals surface area contributed by atoms with Gasteiger partial charge in [-0.25, -0.2) is 0 Å². The van der Waals surface area contributed by atoms with Crippen molar-refractivity contribution < 1.29 is 87.1 Å². The Kier molecular flexibility index (Phi) is 28.5. The van der Waals surface area contributed by atoms with Gasteiger partial charge in [0.05, 0.1) is 80.2 Å². The van der Waals surface area contributed by atoms with Crippen LogP contribution in [0.5, 0.6) is 115 Å². The number of rotatable bonds is 12. The molecule has 12 aliphatic heterocycles. The lowest BCUT2D eigenvalue weighted by atomic mass is 9.86. The van der Waals surface area contributed by atoms with Crippen LogP contribution in [0.15, 0.2) is 180 Å². The minimum atomic E-state index is -0.173. The Hall–Kier alpha value is -12.1. The zero-order chi connectivity index (χ0) is 96.7. The summed E-state index contributed by atoms with van der Waals surface area (Å²) in [6.07, 6.45) is 9.58. The van der Waals surface area contributed by atoms with E-state index in [1.165, 1.54) is 44.5 Å². The van der Waals surface area contributed by atoms with Crippen molar-refractivity contribution in [2.45, 2.75) is 147 Å². The summed E-state index contributed by atoms with van der Waals surface area (Å²) >= 11 is 3.88. The molecular weight excluding hydrogens is 1820 g/mol. The molecule has 25 heteroatoms. The minimum Gasteiger partial charge on any atom is -0.504 e. The summed E-state index contributed by atoms with van der Waals surface area (Å²) in [5, 5.41) is 52.9. The van der Waals surface area contributed by atoms with E-state index in [1.807, 2.05) is 67.6 Å². The number of hydrogen-bond acceptors (Lipinski definition) is 24. The molecule has 24 rings (SSSR count). The molecule has 5 N–H and O–H groups in total. The van der Waals surface area contributed by atoms with Gasteiger partial charge >= 0.3 is 0 Å². The molecule has 139 heavy (non-hydrogen) atoms. The maximum absolute atomic E-state index is 10.7. The van der Waals surface area contributed by atoms with Crippen molar-refractivity contribution in [3.8, 4) is 115 Å². The third kappa shape index (κ3) is 19.1. The van der Waals surface area contributed by atoms with Gasteiger partial charge in [-0.15, -0.1) is 0 Å². The van der Waals surface area contributed by atoms with Gasteiger partial charge in [0.1, 0.15) is 34.5 Å². The monoisotopic (exact) mass is 1940 g/mol. The highest BCUT2D eigenvalue weighted by atomic mass is 79.9. The SMILES string of the molecule is CCOc1c(OC)cc2c3c1Oc1cc4c(cc1CO)CCN(C)[C@H]4Cc1ccc(cc1)Oc1cc(ccc1OC)C[C@@H]3N(C)CC2.COc1c(CO)cc2c3c1Oc1cc4c(cc1CO)CCN(C)[C@H]4Cc1ccc(O)c(c1)Oc1ccc(cc1)C[C@H]3N(C)CC2.COc1ccc2cc1Oc1ccc(cc1)C[C@H]1c3cc(c(CO)cc3CCN1C)Oc1c(OC)c(OC)c(Br)c3c1[C@H](C2)N(C)CC3. The highest BCUT2D eigenvalue weighted by molar-refractivity contribution is 9.10. The van der Waals surface area contributed by atoms with Crippen molar-refractivity contribution in [1.29, 1.82) is 0 Å². The van der Waals surface area contributed by atoms with Crippen LogP contribution in [0.3, 0.4) is 0 Å². The third-order valence-corrected chi connectivity index (χ3v) is 30.6. The molecule has 12 aliphatic rings. The van der Waals surface area contributed by atoms with Crippen LogP contribution < -0.4 is 61.6 Å². The first-order valence-corrected chi connectivity index (χ1v) is 49.1. The first-order chi connectivity index (χ1) is 67.6. The molecule has 0 saturated heterocycles. The molecule has 12 aromatic carbocycles. The Morgan fingerprint density at radius 3 is 1.03 bits per heavy atom. The number of fused-ring (bicyclic) bond motifs is 6. The summed E-state index contributed by atoms with van der Waals surface area (Å²) in [6, 6.07) is 59.7. The fraction of sp³-hybridized carbons (Fsp3) is 0.368. The van der Waals surface area contributed by atoms with E-state index in [0.29, 0.717) is 141 Å². The summed E-state index contributed by atoms with van der Waals surface area (Å²) in [5.41, 5.74) is 23.5. The Labute approximate surface area is 822 Å². The third-order valence-electron chi connectivity index (χ3n) is 29.8. The van der Waals surface area contributed by atoms with Crippen LogP contribution in [-0.4, -0.2) is 186 Å². The fourth-order valence-corrected chi connectivity index (χ4v) is 22.8. The van der Waals surface area contributed by atoms with E-state index in [-0.39, 0.29) is 68.4 Å². The van der Waals surface area contributed by atoms with Gasteiger partial charge in [-0.1, -0.05) is 54.6 Å². The molecule has 24 nitrogen and oxygen atoms in total. The number of ether oxygens (including phenoxy) is 13. The lowest BCUT2D eigenvalue weighted by Gasteiger charge is -2.38. The van der Waals surface area contributed by atoms with Gasteiger partial charge in [0.15, 0.2) is 69.0 Å². The molecule has 0 radical (unpaired) electrons. The molecule has 0 amide bonds. The lowest BCUT2D eigenvalue weighted by Crippen LogP contribution is -2.34. The van der Waals surface area contributed by atoms with Crippen molar-refractivity contribution in [3.05, 3.63) is 303 Å². The van der Waals surface area contributed by atoms with Crippen LogP contribution in [-0.2, 0) is 103 Å². The molecule has 0 aromatic heterocycles. The van der Waals surface area contributed by atoms with E-state index in [1.54, 1.807) is 48.7 Å². The molecule has 0 fully saturated rings. The fourth-order valence-electron chi connectivity index (χ4n) is 22.1. The lowest BCUT2D eigenvalue weighted by molar-refractivity contribution is 0.218. The first kappa shape index (κ1) is 95.8. The number of aliphatic hydroxyl groups is 4. The van der Waals surface area contributed by atoms with Crippen molar-refractivity contribution in [3.63, 3.8) is 0 Å². The summed E-state index contributed by atoms with van der Waals surface area (Å²) in [4.78, 5) is 14.2. The van der Waals surface area contributed by atoms with Crippen LogP contribution in [0.25, 0.3) is 0 Å².